The highest BCUT2D eigenvalue weighted by atomic mass is 79.9. The van der Waals surface area contributed by atoms with Crippen molar-refractivity contribution in [1.29, 1.82) is 0 Å². The summed E-state index contributed by atoms with van der Waals surface area (Å²) in [4.78, 5) is 4.21. The van der Waals surface area contributed by atoms with Crippen LogP contribution in [0.4, 0.5) is 5.82 Å². The van der Waals surface area contributed by atoms with Gasteiger partial charge < -0.3 is 5.32 Å². The van der Waals surface area contributed by atoms with Crippen LogP contribution in [-0.2, 0) is 10.0 Å². The topological polar surface area (TPSA) is 71.1 Å². The Balaban J connectivity index is 3.03. The van der Waals surface area contributed by atoms with Gasteiger partial charge in [-0.05, 0) is 41.3 Å². The fourth-order valence-electron chi connectivity index (χ4n) is 1.90. The van der Waals surface area contributed by atoms with E-state index in [1.54, 1.807) is 19.3 Å². The van der Waals surface area contributed by atoms with Crippen LogP contribution in [0.3, 0.4) is 0 Å². The molecule has 1 heterocycles. The minimum absolute atomic E-state index is 0.117. The maximum atomic E-state index is 12.3. The Hall–Kier alpha value is -0.660. The molecule has 0 aromatic carbocycles. The summed E-state index contributed by atoms with van der Waals surface area (Å²) < 4.78 is 28.0. The minimum Gasteiger partial charge on any atom is -0.372 e. The maximum absolute atomic E-state index is 12.3. The monoisotopic (exact) mass is 349 g/mol. The Morgan fingerprint density at radius 2 is 2.00 bits per heavy atom. The molecule has 1 rings (SSSR count). The zero-order chi connectivity index (χ0) is 14.6. The molecule has 1 aromatic heterocycles. The standard InChI is InChI=1S/C12H20BrN3O2S/c1-8(2)5-9(3)16-19(17,18)11-6-10(13)7-15-12(11)14-4/h6-9,16H,5H2,1-4H3,(H,14,15). The van der Waals surface area contributed by atoms with E-state index in [0.29, 0.717) is 16.2 Å². The van der Waals surface area contributed by atoms with Crippen LogP contribution >= 0.6 is 15.9 Å². The number of pyridine rings is 1. The summed E-state index contributed by atoms with van der Waals surface area (Å²) in [5.74, 6) is 0.773. The van der Waals surface area contributed by atoms with Gasteiger partial charge in [0.1, 0.15) is 10.7 Å². The van der Waals surface area contributed by atoms with Crippen molar-refractivity contribution in [3.63, 3.8) is 0 Å². The molecule has 19 heavy (non-hydrogen) atoms. The first-order chi connectivity index (χ1) is 8.76. The maximum Gasteiger partial charge on any atom is 0.244 e. The molecule has 0 radical (unpaired) electrons. The minimum atomic E-state index is -3.58. The lowest BCUT2D eigenvalue weighted by Gasteiger charge is -2.17. The summed E-state index contributed by atoms with van der Waals surface area (Å²) in [5.41, 5.74) is 0. The Labute approximate surface area is 123 Å². The second-order valence-electron chi connectivity index (χ2n) is 4.90. The van der Waals surface area contributed by atoms with Gasteiger partial charge in [0.05, 0.1) is 0 Å². The summed E-state index contributed by atoms with van der Waals surface area (Å²) >= 11 is 3.24. The van der Waals surface area contributed by atoms with Crippen molar-refractivity contribution in [1.82, 2.24) is 9.71 Å². The van der Waals surface area contributed by atoms with E-state index in [1.807, 2.05) is 6.92 Å². The molecule has 0 bridgehead atoms. The molecule has 0 saturated heterocycles. The van der Waals surface area contributed by atoms with E-state index >= 15 is 0 Å². The molecular formula is C12H20BrN3O2S. The third-order valence-corrected chi connectivity index (χ3v) is 4.56. The molecule has 0 aliphatic rings. The van der Waals surface area contributed by atoms with E-state index in [2.05, 4.69) is 44.8 Å². The van der Waals surface area contributed by atoms with Crippen molar-refractivity contribution in [3.8, 4) is 0 Å². The number of aromatic nitrogens is 1. The molecule has 7 heteroatoms. The van der Waals surface area contributed by atoms with Crippen LogP contribution in [0.2, 0.25) is 0 Å². The van der Waals surface area contributed by atoms with E-state index < -0.39 is 10.0 Å². The summed E-state index contributed by atoms with van der Waals surface area (Å²) in [6.07, 6.45) is 2.35. The lowest BCUT2D eigenvalue weighted by Crippen LogP contribution is -2.34. The predicted octanol–water partition coefficient (Wildman–Crippen LogP) is 2.60. The zero-order valence-corrected chi connectivity index (χ0v) is 14.0. The van der Waals surface area contributed by atoms with Crippen LogP contribution in [0, 0.1) is 5.92 Å². The van der Waals surface area contributed by atoms with Gasteiger partial charge in [0.15, 0.2) is 0 Å². The number of rotatable bonds is 6. The van der Waals surface area contributed by atoms with Gasteiger partial charge in [-0.3, -0.25) is 0 Å². The van der Waals surface area contributed by atoms with Crippen LogP contribution in [0.15, 0.2) is 21.6 Å². The summed E-state index contributed by atoms with van der Waals surface area (Å²) in [6.45, 7) is 5.98. The van der Waals surface area contributed by atoms with E-state index in [1.165, 1.54) is 0 Å². The highest BCUT2D eigenvalue weighted by Crippen LogP contribution is 2.23. The number of hydrogen-bond acceptors (Lipinski definition) is 4. The van der Waals surface area contributed by atoms with Crippen LogP contribution in [-0.4, -0.2) is 26.5 Å². The molecule has 0 saturated carbocycles. The molecule has 0 fully saturated rings. The number of nitrogens with zero attached hydrogens (tertiary/aromatic N) is 1. The zero-order valence-electron chi connectivity index (χ0n) is 11.6. The summed E-state index contributed by atoms with van der Waals surface area (Å²) in [6, 6.07) is 1.43. The molecule has 2 N–H and O–H groups in total. The molecule has 0 amide bonds. The molecule has 5 nitrogen and oxygen atoms in total. The van der Waals surface area contributed by atoms with Crippen LogP contribution in [0.5, 0.6) is 0 Å². The number of halogens is 1. The van der Waals surface area contributed by atoms with Crippen molar-refractivity contribution in [3.05, 3.63) is 16.7 Å². The third kappa shape index (κ3) is 4.74. The predicted molar refractivity (Wildman–Crippen MR) is 80.7 cm³/mol. The molecule has 1 atom stereocenters. The highest BCUT2D eigenvalue weighted by Gasteiger charge is 2.22. The second-order valence-corrected chi connectivity index (χ2v) is 7.50. The van der Waals surface area contributed by atoms with Crippen LogP contribution in [0.25, 0.3) is 0 Å². The van der Waals surface area contributed by atoms with E-state index in [4.69, 9.17) is 0 Å². The molecular weight excluding hydrogens is 330 g/mol. The molecule has 1 aromatic rings. The smallest absolute Gasteiger partial charge is 0.244 e. The van der Waals surface area contributed by atoms with E-state index in [0.717, 1.165) is 6.42 Å². The van der Waals surface area contributed by atoms with Crippen molar-refractivity contribution >= 4 is 31.8 Å². The van der Waals surface area contributed by atoms with Crippen molar-refractivity contribution < 1.29 is 8.42 Å². The summed E-state index contributed by atoms with van der Waals surface area (Å²) in [5, 5.41) is 2.79. The van der Waals surface area contributed by atoms with Gasteiger partial charge in [0, 0.05) is 23.8 Å². The van der Waals surface area contributed by atoms with Crippen molar-refractivity contribution in [2.75, 3.05) is 12.4 Å². The van der Waals surface area contributed by atoms with Crippen molar-refractivity contribution in [2.45, 2.75) is 38.1 Å². The number of sulfonamides is 1. The fraction of sp³-hybridized carbons (Fsp3) is 0.583. The molecule has 1 unspecified atom stereocenters. The van der Waals surface area contributed by atoms with E-state index in [-0.39, 0.29) is 10.9 Å². The summed E-state index contributed by atoms with van der Waals surface area (Å²) in [7, 11) is -1.93. The third-order valence-electron chi connectivity index (χ3n) is 2.53. The normalized spacial score (nSPS) is 13.6. The first kappa shape index (κ1) is 16.4. The van der Waals surface area contributed by atoms with Gasteiger partial charge in [-0.25, -0.2) is 18.1 Å². The largest absolute Gasteiger partial charge is 0.372 e. The van der Waals surface area contributed by atoms with Crippen LogP contribution < -0.4 is 10.0 Å². The Morgan fingerprint density at radius 1 is 1.37 bits per heavy atom. The lowest BCUT2D eigenvalue weighted by molar-refractivity contribution is 0.482. The van der Waals surface area contributed by atoms with Crippen LogP contribution in [0.1, 0.15) is 27.2 Å². The van der Waals surface area contributed by atoms with Gasteiger partial charge in [0.25, 0.3) is 0 Å². The number of anilines is 1. The number of nitrogens with one attached hydrogen (secondary N) is 2. The van der Waals surface area contributed by atoms with Gasteiger partial charge in [0.2, 0.25) is 10.0 Å². The first-order valence-corrected chi connectivity index (χ1v) is 8.39. The average molecular weight is 350 g/mol. The van der Waals surface area contributed by atoms with Gasteiger partial charge >= 0.3 is 0 Å². The molecule has 0 aliphatic heterocycles. The SMILES string of the molecule is CNc1ncc(Br)cc1S(=O)(=O)NC(C)CC(C)C. The second kappa shape index (κ2) is 6.67. The van der Waals surface area contributed by atoms with Gasteiger partial charge in [-0.2, -0.15) is 0 Å². The fourth-order valence-corrected chi connectivity index (χ4v) is 3.82. The molecule has 0 spiro atoms. The Bertz CT molecular complexity index is 532. The molecule has 0 aliphatic carbocycles. The van der Waals surface area contributed by atoms with Crippen molar-refractivity contribution in [2.24, 2.45) is 5.92 Å². The average Bonchev–Trinajstić information content (AvgIpc) is 2.26. The van der Waals surface area contributed by atoms with Gasteiger partial charge in [-0.1, -0.05) is 13.8 Å². The number of hydrogen-bond donors (Lipinski definition) is 2. The molecule has 108 valence electrons. The Morgan fingerprint density at radius 3 is 2.53 bits per heavy atom. The van der Waals surface area contributed by atoms with Gasteiger partial charge in [-0.15, -0.1) is 0 Å². The lowest BCUT2D eigenvalue weighted by atomic mass is 10.1. The highest BCUT2D eigenvalue weighted by molar-refractivity contribution is 9.10. The first-order valence-electron chi connectivity index (χ1n) is 6.12. The Kier molecular flexibility index (Phi) is 5.76. The quantitative estimate of drug-likeness (QED) is 0.827. The van der Waals surface area contributed by atoms with E-state index in [9.17, 15) is 8.42 Å².